The van der Waals surface area contributed by atoms with Crippen molar-refractivity contribution in [1.29, 1.82) is 0 Å². The second-order valence-electron chi connectivity index (χ2n) is 10.6. The lowest BCUT2D eigenvalue weighted by Crippen LogP contribution is -1.95. The molecule has 206 valence electrons. The Balaban J connectivity index is 1.26. The van der Waals surface area contributed by atoms with E-state index in [1.807, 2.05) is 36.7 Å². The van der Waals surface area contributed by atoms with Gasteiger partial charge in [-0.1, -0.05) is 53.5 Å². The van der Waals surface area contributed by atoms with Gasteiger partial charge in [0.05, 0.1) is 11.4 Å². The first-order valence-electron chi connectivity index (χ1n) is 13.7. The Morgan fingerprint density at radius 2 is 0.786 bits per heavy atom. The van der Waals surface area contributed by atoms with Crippen LogP contribution in [0.3, 0.4) is 0 Å². The van der Waals surface area contributed by atoms with Crippen LogP contribution < -0.4 is 0 Å². The smallest absolute Gasteiger partial charge is 0.129 e. The number of hydrogen-bond donors (Lipinski definition) is 0. The third-order valence-corrected chi connectivity index (χ3v) is 8.01. The van der Waals surface area contributed by atoms with Crippen molar-refractivity contribution in [3.63, 3.8) is 0 Å². The fourth-order valence-electron chi connectivity index (χ4n) is 5.41. The van der Waals surface area contributed by atoms with Crippen LogP contribution in [0, 0.1) is 27.7 Å². The van der Waals surface area contributed by atoms with Crippen LogP contribution in [0.15, 0.2) is 97.6 Å². The Morgan fingerprint density at radius 1 is 0.381 bits per heavy atom. The van der Waals surface area contributed by atoms with Crippen LogP contribution >= 0.6 is 23.2 Å². The number of nitrogens with zero attached hydrogens (tertiary/aromatic N) is 4. The molecular formula is C36H28Cl2N4. The first kappa shape index (κ1) is 27.8. The van der Waals surface area contributed by atoms with Gasteiger partial charge in [-0.2, -0.15) is 0 Å². The van der Waals surface area contributed by atoms with E-state index >= 15 is 0 Å². The fourth-order valence-corrected chi connectivity index (χ4v) is 5.64. The summed E-state index contributed by atoms with van der Waals surface area (Å²) < 4.78 is 0. The predicted molar refractivity (Wildman–Crippen MR) is 174 cm³/mol. The van der Waals surface area contributed by atoms with Crippen LogP contribution in [-0.4, -0.2) is 19.9 Å². The summed E-state index contributed by atoms with van der Waals surface area (Å²) in [6.07, 6.45) is 7.47. The van der Waals surface area contributed by atoms with Crippen molar-refractivity contribution in [3.8, 4) is 55.9 Å². The molecule has 6 rings (SSSR count). The quantitative estimate of drug-likeness (QED) is 0.188. The molecule has 0 saturated heterocycles. The summed E-state index contributed by atoms with van der Waals surface area (Å²) in [6, 6.07) is 24.8. The number of pyridine rings is 4. The van der Waals surface area contributed by atoms with Gasteiger partial charge >= 0.3 is 0 Å². The summed E-state index contributed by atoms with van der Waals surface area (Å²) in [5.41, 5.74) is 15.0. The van der Waals surface area contributed by atoms with E-state index in [9.17, 15) is 0 Å². The van der Waals surface area contributed by atoms with Crippen LogP contribution in [-0.2, 0) is 0 Å². The van der Waals surface area contributed by atoms with E-state index in [2.05, 4.69) is 86.2 Å². The first-order valence-corrected chi connectivity index (χ1v) is 14.4. The van der Waals surface area contributed by atoms with Crippen molar-refractivity contribution in [2.45, 2.75) is 27.7 Å². The number of rotatable bonds is 5. The monoisotopic (exact) mass is 586 g/mol. The summed E-state index contributed by atoms with van der Waals surface area (Å²) >= 11 is 11.9. The largest absolute Gasteiger partial charge is 0.255 e. The molecule has 4 nitrogen and oxygen atoms in total. The van der Waals surface area contributed by atoms with E-state index in [-0.39, 0.29) is 0 Å². The molecule has 6 aromatic rings. The molecule has 2 aromatic carbocycles. The average Bonchev–Trinajstić information content (AvgIpc) is 2.98. The van der Waals surface area contributed by atoms with Crippen molar-refractivity contribution in [2.24, 2.45) is 0 Å². The Kier molecular flexibility index (Phi) is 7.59. The van der Waals surface area contributed by atoms with Gasteiger partial charge in [0.25, 0.3) is 0 Å². The van der Waals surface area contributed by atoms with E-state index in [0.717, 1.165) is 72.6 Å². The van der Waals surface area contributed by atoms with Gasteiger partial charge in [-0.05, 0) is 109 Å². The maximum absolute atomic E-state index is 5.97. The van der Waals surface area contributed by atoms with Gasteiger partial charge in [-0.25, -0.2) is 9.97 Å². The highest BCUT2D eigenvalue weighted by Gasteiger charge is 2.13. The van der Waals surface area contributed by atoms with E-state index in [4.69, 9.17) is 33.2 Å². The highest BCUT2D eigenvalue weighted by molar-refractivity contribution is 6.29. The zero-order valence-electron chi connectivity index (χ0n) is 23.8. The van der Waals surface area contributed by atoms with Gasteiger partial charge < -0.3 is 0 Å². The first-order chi connectivity index (χ1) is 20.3. The molecule has 0 aliphatic carbocycles. The fraction of sp³-hybridized carbons (Fsp3) is 0.111. The molecule has 0 atom stereocenters. The van der Waals surface area contributed by atoms with E-state index in [1.54, 1.807) is 12.4 Å². The maximum Gasteiger partial charge on any atom is 0.129 e. The van der Waals surface area contributed by atoms with Crippen molar-refractivity contribution < 1.29 is 0 Å². The second-order valence-corrected chi connectivity index (χ2v) is 11.4. The summed E-state index contributed by atoms with van der Waals surface area (Å²) in [5.74, 6) is 0. The van der Waals surface area contributed by atoms with Gasteiger partial charge in [0.15, 0.2) is 0 Å². The molecule has 0 bridgehead atoms. The molecule has 4 aromatic heterocycles. The SMILES string of the molecule is Cc1cc(-c2cnc(-c3cnc(-c4ccc(-c5ccc(Cl)nc5)c(C)c4)c(C)c3)c(C)c2)ccc1-c1ccc(Cl)nc1. The molecule has 6 heteroatoms. The average molecular weight is 588 g/mol. The molecule has 0 N–H and O–H groups in total. The lowest BCUT2D eigenvalue weighted by molar-refractivity contribution is 1.22. The lowest BCUT2D eigenvalue weighted by Gasteiger charge is -2.13. The van der Waals surface area contributed by atoms with Crippen LogP contribution in [0.1, 0.15) is 22.3 Å². The lowest BCUT2D eigenvalue weighted by atomic mass is 9.95. The van der Waals surface area contributed by atoms with Gasteiger partial charge in [-0.3, -0.25) is 9.97 Å². The van der Waals surface area contributed by atoms with Crippen molar-refractivity contribution >= 4 is 23.2 Å². The number of aromatic nitrogens is 4. The summed E-state index contributed by atoms with van der Waals surface area (Å²) in [6.45, 7) is 8.42. The molecule has 0 amide bonds. The van der Waals surface area contributed by atoms with Gasteiger partial charge in [0.2, 0.25) is 0 Å². The van der Waals surface area contributed by atoms with Crippen molar-refractivity contribution in [3.05, 3.63) is 130 Å². The molecule has 0 aliphatic rings. The highest BCUT2D eigenvalue weighted by atomic mass is 35.5. The Bertz CT molecular complexity index is 1930. The Morgan fingerprint density at radius 3 is 1.29 bits per heavy atom. The minimum absolute atomic E-state index is 0.490. The maximum atomic E-state index is 5.97. The van der Waals surface area contributed by atoms with Gasteiger partial charge in [0.1, 0.15) is 10.3 Å². The molecule has 4 heterocycles. The number of hydrogen-bond acceptors (Lipinski definition) is 4. The van der Waals surface area contributed by atoms with Crippen LogP contribution in [0.5, 0.6) is 0 Å². The standard InChI is InChI=1S/C36H28Cl2N4/c1-21-13-25(5-9-31(21)27-7-11-33(37)39-17-27)29-15-23(3)36(41-19-29)30-16-24(4)35(42-20-30)26-6-10-32(22(2)14-26)28-8-12-34(38)40-18-28/h5-20H,1-4H3. The molecule has 0 aliphatic heterocycles. The normalized spacial score (nSPS) is 11.1. The van der Waals surface area contributed by atoms with Crippen LogP contribution in [0.25, 0.3) is 55.9 Å². The molecule has 0 fully saturated rings. The second kappa shape index (κ2) is 11.5. The number of aryl methyl sites for hydroxylation is 4. The number of benzene rings is 2. The van der Waals surface area contributed by atoms with E-state index < -0.39 is 0 Å². The number of halogens is 2. The summed E-state index contributed by atoms with van der Waals surface area (Å²) in [5, 5.41) is 0.982. The Labute approximate surface area is 256 Å². The molecule has 0 radical (unpaired) electrons. The predicted octanol–water partition coefficient (Wildman–Crippen LogP) is 10.1. The zero-order chi connectivity index (χ0) is 29.4. The molecule has 0 unspecified atom stereocenters. The summed E-state index contributed by atoms with van der Waals surface area (Å²) in [7, 11) is 0. The van der Waals surface area contributed by atoms with Crippen molar-refractivity contribution in [1.82, 2.24) is 19.9 Å². The van der Waals surface area contributed by atoms with Gasteiger partial charge in [-0.15, -0.1) is 0 Å². The topological polar surface area (TPSA) is 51.6 Å². The third-order valence-electron chi connectivity index (χ3n) is 7.57. The zero-order valence-corrected chi connectivity index (χ0v) is 25.3. The minimum atomic E-state index is 0.490. The van der Waals surface area contributed by atoms with Crippen molar-refractivity contribution in [2.75, 3.05) is 0 Å². The van der Waals surface area contributed by atoms with Gasteiger partial charge in [0, 0.05) is 52.6 Å². The van der Waals surface area contributed by atoms with E-state index in [0.29, 0.717) is 10.3 Å². The Hall–Kier alpha value is -4.38. The van der Waals surface area contributed by atoms with Crippen LogP contribution in [0.2, 0.25) is 10.3 Å². The van der Waals surface area contributed by atoms with Crippen LogP contribution in [0.4, 0.5) is 0 Å². The summed E-state index contributed by atoms with van der Waals surface area (Å²) in [4.78, 5) is 18.2. The molecule has 0 spiro atoms. The highest BCUT2D eigenvalue weighted by Crippen LogP contribution is 2.33. The molecule has 42 heavy (non-hydrogen) atoms. The third kappa shape index (κ3) is 5.56. The van der Waals surface area contributed by atoms with E-state index in [1.165, 1.54) is 5.56 Å². The minimum Gasteiger partial charge on any atom is -0.255 e. The molecular weight excluding hydrogens is 559 g/mol. The molecule has 0 saturated carbocycles.